The van der Waals surface area contributed by atoms with Crippen LogP contribution < -0.4 is 15.5 Å². The molecule has 2 aromatic carbocycles. The second-order valence-corrected chi connectivity index (χ2v) is 10.2. The van der Waals surface area contributed by atoms with Crippen LogP contribution in [0.4, 0.5) is 26.2 Å². The average molecular weight is 509 g/mol. The Morgan fingerprint density at radius 1 is 1.11 bits per heavy atom. The lowest BCUT2D eigenvalue weighted by Crippen LogP contribution is -2.40. The summed E-state index contributed by atoms with van der Waals surface area (Å²) in [6, 6.07) is 11.2. The van der Waals surface area contributed by atoms with Crippen LogP contribution in [0.5, 0.6) is 0 Å². The number of nitriles is 1. The second kappa shape index (κ2) is 13.1. The second-order valence-electron chi connectivity index (χ2n) is 10.2. The van der Waals surface area contributed by atoms with Crippen molar-refractivity contribution in [3.63, 3.8) is 0 Å². The topological polar surface area (TPSA) is 105 Å². The molecule has 3 rings (SSSR count). The number of rotatable bonds is 10. The van der Waals surface area contributed by atoms with Crippen molar-refractivity contribution in [1.82, 2.24) is 0 Å². The molecule has 1 saturated carbocycles. The van der Waals surface area contributed by atoms with Gasteiger partial charge in [-0.15, -0.1) is 0 Å². The van der Waals surface area contributed by atoms with Crippen molar-refractivity contribution in [3.8, 4) is 6.07 Å². The third-order valence-electron chi connectivity index (χ3n) is 6.87. The summed E-state index contributed by atoms with van der Waals surface area (Å²) in [5.41, 5.74) is 2.39. The summed E-state index contributed by atoms with van der Waals surface area (Å²) in [5, 5.41) is 23.9. The Bertz CT molecular complexity index is 1140. The first-order chi connectivity index (χ1) is 17.7. The summed E-state index contributed by atoms with van der Waals surface area (Å²) < 4.78 is 14.4. The molecule has 2 amide bonds. The molecule has 3 N–H and O–H groups in total. The molecule has 0 saturated heterocycles. The fourth-order valence-electron chi connectivity index (χ4n) is 4.94. The van der Waals surface area contributed by atoms with E-state index in [2.05, 4.69) is 29.4 Å². The van der Waals surface area contributed by atoms with E-state index in [1.54, 1.807) is 0 Å². The predicted octanol–water partition coefficient (Wildman–Crippen LogP) is 6.79. The standard InChI is InChI=1S/C29H37FN4O3/c1-4-22(28(35)36)14-20-11-13-27(34(18-19(2)3)23-8-6-5-7-9-23)26(16-20)33-29(37)32-25-12-10-21(17-31)15-24(25)30/h10-13,15-16,19,22-23H,4-9,14,18H2,1-3H3,(H,35,36)(H2,32,33,37). The number of nitrogens with one attached hydrogen (secondary N) is 2. The highest BCUT2D eigenvalue weighted by molar-refractivity contribution is 6.02. The van der Waals surface area contributed by atoms with Crippen molar-refractivity contribution in [1.29, 1.82) is 5.26 Å². The Balaban J connectivity index is 1.95. The van der Waals surface area contributed by atoms with Crippen LogP contribution in [0.15, 0.2) is 36.4 Å². The van der Waals surface area contributed by atoms with Crippen LogP contribution in [0.1, 0.15) is 70.4 Å². The third kappa shape index (κ3) is 7.69. The number of carbonyl (C=O) groups excluding carboxylic acids is 1. The molecule has 0 heterocycles. The highest BCUT2D eigenvalue weighted by Crippen LogP contribution is 2.35. The van der Waals surface area contributed by atoms with Crippen LogP contribution in [-0.4, -0.2) is 29.7 Å². The summed E-state index contributed by atoms with van der Waals surface area (Å²) in [6.07, 6.45) is 6.55. The number of amides is 2. The molecule has 0 radical (unpaired) electrons. The number of hydrogen-bond acceptors (Lipinski definition) is 4. The van der Waals surface area contributed by atoms with Gasteiger partial charge >= 0.3 is 12.0 Å². The van der Waals surface area contributed by atoms with Crippen molar-refractivity contribution >= 4 is 29.1 Å². The van der Waals surface area contributed by atoms with Crippen LogP contribution in [-0.2, 0) is 11.2 Å². The first kappa shape index (κ1) is 28.0. The van der Waals surface area contributed by atoms with Gasteiger partial charge in [-0.1, -0.05) is 46.1 Å². The molecule has 1 atom stereocenters. The fourth-order valence-corrected chi connectivity index (χ4v) is 4.94. The molecule has 0 aliphatic heterocycles. The Labute approximate surface area is 218 Å². The van der Waals surface area contributed by atoms with Crippen LogP contribution in [0.2, 0.25) is 0 Å². The predicted molar refractivity (Wildman–Crippen MR) is 144 cm³/mol. The number of hydrogen-bond donors (Lipinski definition) is 3. The van der Waals surface area contributed by atoms with Gasteiger partial charge in [0.05, 0.1) is 34.6 Å². The van der Waals surface area contributed by atoms with Crippen molar-refractivity contribution in [2.75, 3.05) is 22.1 Å². The van der Waals surface area contributed by atoms with Gasteiger partial charge in [0.1, 0.15) is 5.82 Å². The van der Waals surface area contributed by atoms with Gasteiger partial charge in [0, 0.05) is 12.6 Å². The number of carboxylic acids is 1. The average Bonchev–Trinajstić information content (AvgIpc) is 2.87. The first-order valence-electron chi connectivity index (χ1n) is 13.1. The summed E-state index contributed by atoms with van der Waals surface area (Å²) >= 11 is 0. The first-order valence-corrected chi connectivity index (χ1v) is 13.1. The van der Waals surface area contributed by atoms with Gasteiger partial charge in [-0.05, 0) is 67.5 Å². The molecule has 0 spiro atoms. The molecule has 1 aliphatic carbocycles. The van der Waals surface area contributed by atoms with Crippen LogP contribution in [0, 0.1) is 29.0 Å². The molecule has 37 heavy (non-hydrogen) atoms. The lowest BCUT2D eigenvalue weighted by molar-refractivity contribution is -0.141. The van der Waals surface area contributed by atoms with E-state index >= 15 is 0 Å². The molecular weight excluding hydrogens is 471 g/mol. The summed E-state index contributed by atoms with van der Waals surface area (Å²) in [4.78, 5) is 27.0. The van der Waals surface area contributed by atoms with Crippen molar-refractivity contribution in [2.24, 2.45) is 11.8 Å². The van der Waals surface area contributed by atoms with Crippen molar-refractivity contribution < 1.29 is 19.1 Å². The van der Waals surface area contributed by atoms with E-state index in [0.29, 0.717) is 30.5 Å². The summed E-state index contributed by atoms with van der Waals surface area (Å²) in [6.45, 7) is 6.99. The largest absolute Gasteiger partial charge is 0.481 e. The van der Waals surface area contributed by atoms with Crippen LogP contribution >= 0.6 is 0 Å². The maximum Gasteiger partial charge on any atom is 0.323 e. The van der Waals surface area contributed by atoms with E-state index in [9.17, 15) is 19.1 Å². The van der Waals surface area contributed by atoms with E-state index in [4.69, 9.17) is 5.26 Å². The quantitative estimate of drug-likeness (QED) is 0.328. The summed E-state index contributed by atoms with van der Waals surface area (Å²) in [7, 11) is 0. The van der Waals surface area contributed by atoms with E-state index in [1.165, 1.54) is 18.6 Å². The zero-order valence-electron chi connectivity index (χ0n) is 21.9. The Hall–Kier alpha value is -3.60. The van der Waals surface area contributed by atoms with E-state index in [-0.39, 0.29) is 11.3 Å². The summed E-state index contributed by atoms with van der Waals surface area (Å²) in [5.74, 6) is -1.67. The lowest BCUT2D eigenvalue weighted by Gasteiger charge is -2.38. The minimum Gasteiger partial charge on any atom is -0.481 e. The van der Waals surface area contributed by atoms with E-state index < -0.39 is 23.7 Å². The number of carbonyl (C=O) groups is 2. The SMILES string of the molecule is CCC(Cc1ccc(N(CC(C)C)C2CCCCC2)c(NC(=O)Nc2ccc(C#N)cc2F)c1)C(=O)O. The highest BCUT2D eigenvalue weighted by atomic mass is 19.1. The molecular formula is C29H37FN4O3. The number of aliphatic carboxylic acids is 1. The minimum absolute atomic E-state index is 0.0301. The molecule has 1 aliphatic rings. The normalized spacial score (nSPS) is 14.6. The Morgan fingerprint density at radius 3 is 2.41 bits per heavy atom. The number of nitrogens with zero attached hydrogens (tertiary/aromatic N) is 2. The number of carboxylic acid groups (broad SMARTS) is 1. The van der Waals surface area contributed by atoms with Crippen molar-refractivity contribution in [2.45, 2.75) is 71.8 Å². The lowest BCUT2D eigenvalue weighted by atomic mass is 9.92. The Morgan fingerprint density at radius 2 is 1.81 bits per heavy atom. The molecule has 2 aromatic rings. The number of anilines is 3. The molecule has 7 nitrogen and oxygen atoms in total. The monoisotopic (exact) mass is 508 g/mol. The molecule has 0 aromatic heterocycles. The van der Waals surface area contributed by atoms with Gasteiger partial charge in [0.2, 0.25) is 0 Å². The van der Waals surface area contributed by atoms with Gasteiger partial charge in [0.15, 0.2) is 0 Å². The van der Waals surface area contributed by atoms with Gasteiger partial charge in [-0.25, -0.2) is 9.18 Å². The van der Waals surface area contributed by atoms with Gasteiger partial charge < -0.3 is 20.6 Å². The Kier molecular flexibility index (Phi) is 9.90. The zero-order valence-corrected chi connectivity index (χ0v) is 21.9. The number of halogens is 1. The van der Waals surface area contributed by atoms with Crippen LogP contribution in [0.25, 0.3) is 0 Å². The molecule has 8 heteroatoms. The fraction of sp³-hybridized carbons (Fsp3) is 0.483. The maximum atomic E-state index is 14.4. The number of benzene rings is 2. The highest BCUT2D eigenvalue weighted by Gasteiger charge is 2.25. The van der Waals surface area contributed by atoms with Crippen molar-refractivity contribution in [3.05, 3.63) is 53.3 Å². The molecule has 0 bridgehead atoms. The van der Waals surface area contributed by atoms with E-state index in [1.807, 2.05) is 31.2 Å². The van der Waals surface area contributed by atoms with Gasteiger partial charge in [-0.3, -0.25) is 4.79 Å². The van der Waals surface area contributed by atoms with Gasteiger partial charge in [0.25, 0.3) is 0 Å². The third-order valence-corrected chi connectivity index (χ3v) is 6.87. The molecule has 1 unspecified atom stereocenters. The zero-order chi connectivity index (χ0) is 26.9. The van der Waals surface area contributed by atoms with Gasteiger partial charge in [-0.2, -0.15) is 5.26 Å². The smallest absolute Gasteiger partial charge is 0.323 e. The van der Waals surface area contributed by atoms with Crippen LogP contribution in [0.3, 0.4) is 0 Å². The maximum absolute atomic E-state index is 14.4. The minimum atomic E-state index is -0.848. The number of urea groups is 1. The molecule has 198 valence electrons. The van der Waals surface area contributed by atoms with E-state index in [0.717, 1.165) is 49.5 Å². The molecule has 1 fully saturated rings.